The summed E-state index contributed by atoms with van der Waals surface area (Å²) in [4.78, 5) is 23.5. The molecule has 5 heteroatoms. The molecule has 0 fully saturated rings. The summed E-state index contributed by atoms with van der Waals surface area (Å²) in [5, 5.41) is 0. The third-order valence-corrected chi connectivity index (χ3v) is 1.72. The third-order valence-electron chi connectivity index (χ3n) is 1.72. The average molecular weight is 203 g/mol. The summed E-state index contributed by atoms with van der Waals surface area (Å²) in [6.07, 6.45) is -0.192. The normalized spacial score (nSPS) is 9.36. The van der Waals surface area contributed by atoms with Crippen LogP contribution < -0.4 is 0 Å². The van der Waals surface area contributed by atoms with Crippen LogP contribution in [0.2, 0.25) is 0 Å². The van der Waals surface area contributed by atoms with Crippen molar-refractivity contribution in [2.45, 2.75) is 20.3 Å². The van der Waals surface area contributed by atoms with Crippen molar-refractivity contribution in [1.82, 2.24) is 4.90 Å². The topological polar surface area (TPSA) is 55.8 Å². The molecule has 1 amide bonds. The molecule has 0 saturated carbocycles. The number of hydrogen-bond donors (Lipinski definition) is 0. The van der Waals surface area contributed by atoms with Gasteiger partial charge in [-0.15, -0.1) is 0 Å². The van der Waals surface area contributed by atoms with Gasteiger partial charge in [0.05, 0.1) is 20.1 Å². The van der Waals surface area contributed by atoms with Crippen molar-refractivity contribution in [3.05, 3.63) is 0 Å². The number of nitrogens with zero attached hydrogens (tertiary/aromatic N) is 1. The maximum Gasteiger partial charge on any atom is 0.409 e. The van der Waals surface area contributed by atoms with Gasteiger partial charge in [-0.1, -0.05) is 0 Å². The molecule has 82 valence electrons. The third kappa shape index (κ3) is 4.69. The number of rotatable bonds is 5. The summed E-state index contributed by atoms with van der Waals surface area (Å²) >= 11 is 0. The van der Waals surface area contributed by atoms with Crippen LogP contribution in [0.15, 0.2) is 0 Å². The maximum atomic E-state index is 11.2. The Morgan fingerprint density at radius 3 is 2.36 bits per heavy atom. The number of hydrogen-bond acceptors (Lipinski definition) is 4. The highest BCUT2D eigenvalue weighted by atomic mass is 16.6. The lowest BCUT2D eigenvalue weighted by atomic mass is 10.4. The van der Waals surface area contributed by atoms with Crippen molar-refractivity contribution in [3.8, 4) is 0 Å². The Morgan fingerprint density at radius 2 is 1.93 bits per heavy atom. The Balaban J connectivity index is 3.90. The van der Waals surface area contributed by atoms with Gasteiger partial charge in [0, 0.05) is 13.1 Å². The van der Waals surface area contributed by atoms with Gasteiger partial charge < -0.3 is 14.4 Å². The zero-order chi connectivity index (χ0) is 11.0. The Hall–Kier alpha value is -1.26. The number of carbonyl (C=O) groups excluding carboxylic acids is 2. The molecular weight excluding hydrogens is 186 g/mol. The molecule has 0 radical (unpaired) electrons. The monoisotopic (exact) mass is 203 g/mol. The summed E-state index contributed by atoms with van der Waals surface area (Å²) in [5.41, 5.74) is 0. The quantitative estimate of drug-likeness (QED) is 0.626. The van der Waals surface area contributed by atoms with E-state index >= 15 is 0 Å². The summed E-state index contributed by atoms with van der Waals surface area (Å²) in [6, 6.07) is 0. The largest absolute Gasteiger partial charge is 0.469 e. The molecule has 0 N–H and O–H groups in total. The van der Waals surface area contributed by atoms with Crippen LogP contribution in [0.4, 0.5) is 4.79 Å². The van der Waals surface area contributed by atoms with E-state index in [1.165, 1.54) is 12.0 Å². The summed E-state index contributed by atoms with van der Waals surface area (Å²) in [7, 11) is 1.32. The van der Waals surface area contributed by atoms with Gasteiger partial charge in [0.1, 0.15) is 0 Å². The highest BCUT2D eigenvalue weighted by Gasteiger charge is 2.13. The second-order valence-electron chi connectivity index (χ2n) is 2.60. The van der Waals surface area contributed by atoms with Crippen molar-refractivity contribution in [3.63, 3.8) is 0 Å². The first-order valence-corrected chi connectivity index (χ1v) is 4.64. The minimum atomic E-state index is -0.390. The number of ether oxygens (including phenoxy) is 2. The van der Waals surface area contributed by atoms with Gasteiger partial charge in [0.2, 0.25) is 0 Å². The molecule has 0 aliphatic carbocycles. The van der Waals surface area contributed by atoms with E-state index in [0.29, 0.717) is 19.7 Å². The van der Waals surface area contributed by atoms with E-state index in [0.717, 1.165) is 0 Å². The molecular formula is C9H17NO4. The van der Waals surface area contributed by atoms with Crippen LogP contribution in [0.3, 0.4) is 0 Å². The van der Waals surface area contributed by atoms with Crippen molar-refractivity contribution < 1.29 is 19.1 Å². The van der Waals surface area contributed by atoms with Crippen LogP contribution in [0.1, 0.15) is 20.3 Å². The second-order valence-corrected chi connectivity index (χ2v) is 2.60. The minimum absolute atomic E-state index is 0.198. The first kappa shape index (κ1) is 12.7. The standard InChI is InChI=1S/C9H17NO4/c1-4-10(9(12)14-5-2)7-6-8(11)13-3/h4-7H2,1-3H3. The lowest BCUT2D eigenvalue weighted by Crippen LogP contribution is -2.33. The van der Waals surface area contributed by atoms with Crippen LogP contribution in [0.5, 0.6) is 0 Å². The van der Waals surface area contributed by atoms with E-state index in [1.807, 2.05) is 6.92 Å². The Kier molecular flexibility index (Phi) is 6.53. The molecule has 0 heterocycles. The molecule has 0 aromatic carbocycles. The summed E-state index contributed by atoms with van der Waals surface area (Å²) in [6.45, 7) is 4.77. The molecule has 0 atom stereocenters. The van der Waals surface area contributed by atoms with Crippen LogP contribution in [0.25, 0.3) is 0 Å². The number of esters is 1. The number of methoxy groups -OCH3 is 1. The minimum Gasteiger partial charge on any atom is -0.469 e. The van der Waals surface area contributed by atoms with E-state index < -0.39 is 0 Å². The van der Waals surface area contributed by atoms with Gasteiger partial charge in [-0.25, -0.2) is 4.79 Å². The van der Waals surface area contributed by atoms with Crippen LogP contribution in [0, 0.1) is 0 Å². The van der Waals surface area contributed by atoms with Gasteiger partial charge in [-0.3, -0.25) is 4.79 Å². The van der Waals surface area contributed by atoms with Gasteiger partial charge >= 0.3 is 12.1 Å². The lowest BCUT2D eigenvalue weighted by molar-refractivity contribution is -0.140. The molecule has 0 aliphatic heterocycles. The highest BCUT2D eigenvalue weighted by molar-refractivity contribution is 5.71. The smallest absolute Gasteiger partial charge is 0.409 e. The number of amides is 1. The van der Waals surface area contributed by atoms with Crippen molar-refractivity contribution in [2.75, 3.05) is 26.8 Å². The molecule has 0 aromatic rings. The fraction of sp³-hybridized carbons (Fsp3) is 0.778. The Labute approximate surface area is 84.0 Å². The molecule has 0 unspecified atom stereocenters. The fourth-order valence-corrected chi connectivity index (χ4v) is 0.922. The zero-order valence-corrected chi connectivity index (χ0v) is 8.91. The molecule has 0 saturated heterocycles. The highest BCUT2D eigenvalue weighted by Crippen LogP contribution is 1.97. The van der Waals surface area contributed by atoms with Gasteiger partial charge in [0.25, 0.3) is 0 Å². The average Bonchev–Trinajstić information content (AvgIpc) is 2.18. The molecule has 0 bridgehead atoms. The van der Waals surface area contributed by atoms with Gasteiger partial charge in [-0.05, 0) is 13.8 Å². The van der Waals surface area contributed by atoms with Crippen molar-refractivity contribution >= 4 is 12.1 Å². The van der Waals surface area contributed by atoms with Gasteiger partial charge in [-0.2, -0.15) is 0 Å². The molecule has 5 nitrogen and oxygen atoms in total. The zero-order valence-electron chi connectivity index (χ0n) is 8.91. The van der Waals surface area contributed by atoms with Gasteiger partial charge in [0.15, 0.2) is 0 Å². The van der Waals surface area contributed by atoms with E-state index in [2.05, 4.69) is 4.74 Å². The molecule has 0 aliphatic rings. The Morgan fingerprint density at radius 1 is 1.29 bits per heavy atom. The van der Waals surface area contributed by atoms with E-state index in [1.54, 1.807) is 6.92 Å². The van der Waals surface area contributed by atoms with E-state index in [4.69, 9.17) is 4.74 Å². The summed E-state index contributed by atoms with van der Waals surface area (Å²) in [5.74, 6) is -0.326. The van der Waals surface area contributed by atoms with E-state index in [-0.39, 0.29) is 18.5 Å². The lowest BCUT2D eigenvalue weighted by Gasteiger charge is -2.18. The van der Waals surface area contributed by atoms with Crippen LogP contribution in [-0.2, 0) is 14.3 Å². The van der Waals surface area contributed by atoms with Crippen molar-refractivity contribution in [2.24, 2.45) is 0 Å². The summed E-state index contributed by atoms with van der Waals surface area (Å²) < 4.78 is 9.26. The van der Waals surface area contributed by atoms with E-state index in [9.17, 15) is 9.59 Å². The molecule has 14 heavy (non-hydrogen) atoms. The SMILES string of the molecule is CCOC(=O)N(CC)CCC(=O)OC. The molecule has 0 rings (SSSR count). The predicted molar refractivity (Wildman–Crippen MR) is 50.9 cm³/mol. The Bertz CT molecular complexity index is 193. The second kappa shape index (κ2) is 7.17. The first-order chi connectivity index (χ1) is 6.65. The maximum absolute atomic E-state index is 11.2. The number of carbonyl (C=O) groups is 2. The molecule has 0 aromatic heterocycles. The first-order valence-electron chi connectivity index (χ1n) is 4.64. The molecule has 0 spiro atoms. The van der Waals surface area contributed by atoms with Crippen LogP contribution >= 0.6 is 0 Å². The predicted octanol–water partition coefficient (Wildman–Crippen LogP) is 1.03. The van der Waals surface area contributed by atoms with Crippen molar-refractivity contribution in [1.29, 1.82) is 0 Å². The fourth-order valence-electron chi connectivity index (χ4n) is 0.922. The van der Waals surface area contributed by atoms with Crippen LogP contribution in [-0.4, -0.2) is 43.8 Å².